The highest BCUT2D eigenvalue weighted by atomic mass is 16.3. The number of hydrogen-bond donors (Lipinski definition) is 2. The number of anilines is 1. The monoisotopic (exact) mass is 256 g/mol. The molecule has 3 rings (SSSR count). The molecular weight excluding hydrogens is 236 g/mol. The van der Waals surface area contributed by atoms with Crippen LogP contribution in [-0.4, -0.2) is 22.2 Å². The van der Waals surface area contributed by atoms with Crippen LogP contribution < -0.4 is 5.32 Å². The van der Waals surface area contributed by atoms with E-state index in [-0.39, 0.29) is 6.10 Å². The molecule has 1 aromatic carbocycles. The molecule has 19 heavy (non-hydrogen) atoms. The summed E-state index contributed by atoms with van der Waals surface area (Å²) in [6.07, 6.45) is 3.75. The highest BCUT2D eigenvalue weighted by Crippen LogP contribution is 2.26. The van der Waals surface area contributed by atoms with E-state index in [1.807, 2.05) is 13.0 Å². The number of pyridine rings is 1. The maximum atomic E-state index is 9.56. The van der Waals surface area contributed by atoms with E-state index in [2.05, 4.69) is 34.6 Å². The van der Waals surface area contributed by atoms with Crippen LogP contribution in [0.1, 0.15) is 31.4 Å². The summed E-state index contributed by atoms with van der Waals surface area (Å²) in [5.74, 6) is 0. The number of hydrogen-bond acceptors (Lipinski definition) is 3. The topological polar surface area (TPSA) is 45.1 Å². The first-order valence-corrected chi connectivity index (χ1v) is 7.03. The van der Waals surface area contributed by atoms with Crippen molar-refractivity contribution >= 4 is 16.6 Å². The lowest BCUT2D eigenvalue weighted by Crippen LogP contribution is -2.28. The highest BCUT2D eigenvalue weighted by molar-refractivity contribution is 5.90. The number of benzene rings is 1. The summed E-state index contributed by atoms with van der Waals surface area (Å²) >= 11 is 0. The van der Waals surface area contributed by atoms with Crippen molar-refractivity contribution in [3.8, 4) is 0 Å². The average molecular weight is 256 g/mol. The van der Waals surface area contributed by atoms with E-state index in [4.69, 9.17) is 0 Å². The van der Waals surface area contributed by atoms with Gasteiger partial charge in [0.05, 0.1) is 17.3 Å². The van der Waals surface area contributed by atoms with Gasteiger partial charge in [-0.3, -0.25) is 4.98 Å². The maximum Gasteiger partial charge on any atom is 0.0936 e. The standard InChI is InChI=1S/C16H20N2O/c1-11-5-6-12-3-2-4-15(16(12)17-11)18-13-7-9-14(19)10-8-13/h2-6,13-14,18-19H,7-10H2,1H3. The number of nitrogens with one attached hydrogen (secondary N) is 1. The lowest BCUT2D eigenvalue weighted by molar-refractivity contribution is 0.126. The first-order valence-electron chi connectivity index (χ1n) is 7.03. The van der Waals surface area contributed by atoms with Gasteiger partial charge in [-0.2, -0.15) is 0 Å². The van der Waals surface area contributed by atoms with Crippen molar-refractivity contribution in [1.82, 2.24) is 4.98 Å². The molecule has 1 saturated carbocycles. The number of aryl methyl sites for hydroxylation is 1. The third-order valence-corrected chi connectivity index (χ3v) is 3.92. The van der Waals surface area contributed by atoms with E-state index in [9.17, 15) is 5.11 Å². The van der Waals surface area contributed by atoms with E-state index < -0.39 is 0 Å². The Morgan fingerprint density at radius 3 is 2.68 bits per heavy atom. The van der Waals surface area contributed by atoms with Crippen LogP contribution >= 0.6 is 0 Å². The first kappa shape index (κ1) is 12.4. The van der Waals surface area contributed by atoms with Crippen molar-refractivity contribution in [2.24, 2.45) is 0 Å². The highest BCUT2D eigenvalue weighted by Gasteiger charge is 2.19. The predicted molar refractivity (Wildman–Crippen MR) is 78.4 cm³/mol. The molecule has 3 nitrogen and oxygen atoms in total. The SMILES string of the molecule is Cc1ccc2cccc(NC3CCC(O)CC3)c2n1. The number of aromatic nitrogens is 1. The van der Waals surface area contributed by atoms with Crippen molar-refractivity contribution in [3.63, 3.8) is 0 Å². The third-order valence-electron chi connectivity index (χ3n) is 3.92. The van der Waals surface area contributed by atoms with Gasteiger partial charge in [0.1, 0.15) is 0 Å². The van der Waals surface area contributed by atoms with Gasteiger partial charge < -0.3 is 10.4 Å². The number of aliphatic hydroxyl groups excluding tert-OH is 1. The van der Waals surface area contributed by atoms with Crippen LogP contribution in [0.5, 0.6) is 0 Å². The molecule has 2 N–H and O–H groups in total. The van der Waals surface area contributed by atoms with Gasteiger partial charge >= 0.3 is 0 Å². The molecule has 3 heteroatoms. The molecule has 1 aliphatic rings. The summed E-state index contributed by atoms with van der Waals surface area (Å²) in [4.78, 5) is 4.64. The molecule has 1 aromatic heterocycles. The Hall–Kier alpha value is -1.61. The Labute approximate surface area is 113 Å². The fraction of sp³-hybridized carbons (Fsp3) is 0.438. The molecule has 0 saturated heterocycles. The summed E-state index contributed by atoms with van der Waals surface area (Å²) in [5.41, 5.74) is 3.21. The summed E-state index contributed by atoms with van der Waals surface area (Å²) in [7, 11) is 0. The maximum absolute atomic E-state index is 9.56. The second-order valence-electron chi connectivity index (χ2n) is 5.48. The summed E-state index contributed by atoms with van der Waals surface area (Å²) in [6.45, 7) is 2.02. The van der Waals surface area contributed by atoms with Gasteiger partial charge in [0, 0.05) is 17.1 Å². The number of nitrogens with zero attached hydrogens (tertiary/aromatic N) is 1. The second-order valence-corrected chi connectivity index (χ2v) is 5.48. The molecule has 1 fully saturated rings. The minimum atomic E-state index is -0.106. The first-order chi connectivity index (χ1) is 9.22. The van der Waals surface area contributed by atoms with Crippen LogP contribution in [0.15, 0.2) is 30.3 Å². The Morgan fingerprint density at radius 1 is 1.11 bits per heavy atom. The Kier molecular flexibility index (Phi) is 3.38. The van der Waals surface area contributed by atoms with Gasteiger partial charge in [-0.15, -0.1) is 0 Å². The third kappa shape index (κ3) is 2.71. The quantitative estimate of drug-likeness (QED) is 0.867. The van der Waals surface area contributed by atoms with Crippen molar-refractivity contribution in [2.75, 3.05) is 5.32 Å². The lowest BCUT2D eigenvalue weighted by Gasteiger charge is -2.27. The molecule has 100 valence electrons. The summed E-state index contributed by atoms with van der Waals surface area (Å²) < 4.78 is 0. The second kappa shape index (κ2) is 5.17. The van der Waals surface area contributed by atoms with Gasteiger partial charge in [-0.25, -0.2) is 0 Å². The molecule has 0 radical (unpaired) electrons. The fourth-order valence-corrected chi connectivity index (χ4v) is 2.80. The molecule has 0 atom stereocenters. The summed E-state index contributed by atoms with van der Waals surface area (Å²) in [5, 5.41) is 14.3. The fourth-order valence-electron chi connectivity index (χ4n) is 2.80. The molecule has 0 spiro atoms. The van der Waals surface area contributed by atoms with Crippen molar-refractivity contribution in [3.05, 3.63) is 36.0 Å². The van der Waals surface area contributed by atoms with Crippen LogP contribution in [0.3, 0.4) is 0 Å². The molecule has 0 amide bonds. The Balaban J connectivity index is 1.86. The van der Waals surface area contributed by atoms with Crippen LogP contribution in [0, 0.1) is 6.92 Å². The molecule has 0 unspecified atom stereocenters. The normalized spacial score (nSPS) is 23.5. The lowest BCUT2D eigenvalue weighted by atomic mass is 9.93. The van der Waals surface area contributed by atoms with E-state index in [0.717, 1.165) is 42.6 Å². The van der Waals surface area contributed by atoms with Crippen molar-refractivity contribution in [1.29, 1.82) is 0 Å². The molecule has 2 aromatic rings. The molecule has 1 aliphatic carbocycles. The number of para-hydroxylation sites is 1. The zero-order chi connectivity index (χ0) is 13.2. The van der Waals surface area contributed by atoms with E-state index in [0.29, 0.717) is 6.04 Å². The molecule has 0 aliphatic heterocycles. The van der Waals surface area contributed by atoms with Gasteiger partial charge in [-0.05, 0) is 44.7 Å². The molecule has 1 heterocycles. The summed E-state index contributed by atoms with van der Waals surface area (Å²) in [6, 6.07) is 10.9. The number of aliphatic hydroxyl groups is 1. The van der Waals surface area contributed by atoms with Crippen LogP contribution in [0.4, 0.5) is 5.69 Å². The van der Waals surface area contributed by atoms with Gasteiger partial charge in [-0.1, -0.05) is 18.2 Å². The molecule has 0 bridgehead atoms. The van der Waals surface area contributed by atoms with E-state index >= 15 is 0 Å². The van der Waals surface area contributed by atoms with Gasteiger partial charge in [0.15, 0.2) is 0 Å². The Bertz CT molecular complexity index is 574. The van der Waals surface area contributed by atoms with E-state index in [1.54, 1.807) is 0 Å². The zero-order valence-electron chi connectivity index (χ0n) is 11.3. The van der Waals surface area contributed by atoms with Crippen LogP contribution in [-0.2, 0) is 0 Å². The van der Waals surface area contributed by atoms with E-state index in [1.165, 1.54) is 5.39 Å². The Morgan fingerprint density at radius 2 is 1.89 bits per heavy atom. The van der Waals surface area contributed by atoms with Gasteiger partial charge in [0.25, 0.3) is 0 Å². The smallest absolute Gasteiger partial charge is 0.0936 e. The van der Waals surface area contributed by atoms with Gasteiger partial charge in [0.2, 0.25) is 0 Å². The van der Waals surface area contributed by atoms with Crippen LogP contribution in [0.2, 0.25) is 0 Å². The predicted octanol–water partition coefficient (Wildman–Crippen LogP) is 3.26. The van der Waals surface area contributed by atoms with Crippen molar-refractivity contribution < 1.29 is 5.11 Å². The zero-order valence-corrected chi connectivity index (χ0v) is 11.3. The average Bonchev–Trinajstić information content (AvgIpc) is 2.42. The van der Waals surface area contributed by atoms with Crippen LogP contribution in [0.25, 0.3) is 10.9 Å². The number of rotatable bonds is 2. The minimum Gasteiger partial charge on any atom is -0.393 e. The van der Waals surface area contributed by atoms with Crippen molar-refractivity contribution in [2.45, 2.75) is 44.8 Å². The minimum absolute atomic E-state index is 0.106. The molecular formula is C16H20N2O. The number of fused-ring (bicyclic) bond motifs is 1. The largest absolute Gasteiger partial charge is 0.393 e.